The summed E-state index contributed by atoms with van der Waals surface area (Å²) in [5, 5.41) is 3.50. The molecule has 1 aliphatic carbocycles. The summed E-state index contributed by atoms with van der Waals surface area (Å²) in [7, 11) is 2.14. The smallest absolute Gasteiger partial charge is 0.0245 e. The fraction of sp³-hybridized carbons (Fsp3) is 0.467. The quantitative estimate of drug-likeness (QED) is 0.778. The Hall–Kier alpha value is -0.640. The monoisotopic (exact) mass is 308 g/mol. The third-order valence-corrected chi connectivity index (χ3v) is 3.88. The molecule has 0 bridgehead atoms. The van der Waals surface area contributed by atoms with Crippen LogP contribution in [-0.4, -0.2) is 31.1 Å². The summed E-state index contributed by atoms with van der Waals surface area (Å²) in [6, 6.07) is 9.14. The van der Waals surface area contributed by atoms with E-state index in [0.717, 1.165) is 25.7 Å². The van der Waals surface area contributed by atoms with Crippen molar-refractivity contribution in [3.8, 4) is 0 Å². The second kappa shape index (κ2) is 6.50. The lowest BCUT2D eigenvalue weighted by Gasteiger charge is -2.19. The van der Waals surface area contributed by atoms with E-state index in [-0.39, 0.29) is 0 Å². The fourth-order valence-corrected chi connectivity index (χ4v) is 2.40. The first-order valence-corrected chi connectivity index (χ1v) is 7.26. The van der Waals surface area contributed by atoms with Crippen LogP contribution in [0.2, 0.25) is 0 Å². The zero-order valence-electron chi connectivity index (χ0n) is 11.0. The molecular formula is C15H21BrN2. The summed E-state index contributed by atoms with van der Waals surface area (Å²) in [5.41, 5.74) is 2.58. The summed E-state index contributed by atoms with van der Waals surface area (Å²) in [6.45, 7) is 6.99. The highest BCUT2D eigenvalue weighted by atomic mass is 79.9. The van der Waals surface area contributed by atoms with Crippen molar-refractivity contribution in [3.63, 3.8) is 0 Å². The molecule has 1 aromatic carbocycles. The minimum absolute atomic E-state index is 0.760. The van der Waals surface area contributed by atoms with Crippen molar-refractivity contribution in [1.29, 1.82) is 0 Å². The predicted molar refractivity (Wildman–Crippen MR) is 80.6 cm³/mol. The number of nitrogens with zero attached hydrogens (tertiary/aromatic N) is 1. The number of halogens is 1. The average Bonchev–Trinajstić information content (AvgIpc) is 3.13. The molecule has 0 heterocycles. The molecular weight excluding hydrogens is 288 g/mol. The number of likely N-dealkylation sites (N-methyl/N-ethyl adjacent to an activating group) is 1. The van der Waals surface area contributed by atoms with Crippen LogP contribution in [0.4, 0.5) is 0 Å². The highest BCUT2D eigenvalue weighted by molar-refractivity contribution is 9.10. The normalized spacial score (nSPS) is 15.1. The largest absolute Gasteiger partial charge is 0.310 e. The van der Waals surface area contributed by atoms with Crippen molar-refractivity contribution in [1.82, 2.24) is 10.2 Å². The molecule has 1 N–H and O–H groups in total. The molecule has 0 aliphatic heterocycles. The van der Waals surface area contributed by atoms with Gasteiger partial charge in [0.1, 0.15) is 0 Å². The minimum atomic E-state index is 0.760. The molecule has 0 aromatic heterocycles. The Labute approximate surface area is 118 Å². The van der Waals surface area contributed by atoms with E-state index in [1.165, 1.54) is 28.5 Å². The second-order valence-electron chi connectivity index (χ2n) is 5.17. The fourth-order valence-electron chi connectivity index (χ4n) is 1.99. The molecule has 0 unspecified atom stereocenters. The summed E-state index contributed by atoms with van der Waals surface area (Å²) in [6.07, 6.45) is 2.67. The lowest BCUT2D eigenvalue weighted by Crippen LogP contribution is -2.26. The van der Waals surface area contributed by atoms with E-state index in [4.69, 9.17) is 0 Å². The van der Waals surface area contributed by atoms with Crippen LogP contribution in [-0.2, 0) is 6.54 Å². The van der Waals surface area contributed by atoms with Crippen molar-refractivity contribution in [2.75, 3.05) is 20.1 Å². The first-order valence-electron chi connectivity index (χ1n) is 6.47. The van der Waals surface area contributed by atoms with Crippen LogP contribution in [0.3, 0.4) is 0 Å². The first kappa shape index (κ1) is 13.8. The highest BCUT2D eigenvalue weighted by Crippen LogP contribution is 2.19. The van der Waals surface area contributed by atoms with Gasteiger partial charge in [-0.3, -0.25) is 4.90 Å². The molecule has 3 heteroatoms. The molecule has 1 fully saturated rings. The van der Waals surface area contributed by atoms with E-state index in [2.05, 4.69) is 58.0 Å². The number of benzene rings is 1. The summed E-state index contributed by atoms with van der Waals surface area (Å²) in [5.74, 6) is 0. The van der Waals surface area contributed by atoms with Crippen molar-refractivity contribution in [3.05, 3.63) is 46.5 Å². The van der Waals surface area contributed by atoms with Gasteiger partial charge in [0.05, 0.1) is 0 Å². The van der Waals surface area contributed by atoms with Gasteiger partial charge in [-0.1, -0.05) is 40.7 Å². The van der Waals surface area contributed by atoms with Gasteiger partial charge in [0.2, 0.25) is 0 Å². The zero-order valence-corrected chi connectivity index (χ0v) is 12.5. The molecule has 0 spiro atoms. The van der Waals surface area contributed by atoms with E-state index in [9.17, 15) is 0 Å². The van der Waals surface area contributed by atoms with Gasteiger partial charge in [0.15, 0.2) is 0 Å². The lowest BCUT2D eigenvalue weighted by molar-refractivity contribution is 0.351. The average molecular weight is 309 g/mol. The summed E-state index contributed by atoms with van der Waals surface area (Å²) < 4.78 is 1.18. The third-order valence-electron chi connectivity index (χ3n) is 3.11. The number of hydrogen-bond acceptors (Lipinski definition) is 2. The molecule has 1 aliphatic rings. The van der Waals surface area contributed by atoms with Crippen LogP contribution in [0.1, 0.15) is 18.4 Å². The van der Waals surface area contributed by atoms with Gasteiger partial charge in [-0.05, 0) is 37.1 Å². The molecule has 0 atom stereocenters. The molecule has 0 saturated heterocycles. The van der Waals surface area contributed by atoms with E-state index < -0.39 is 0 Å². The molecule has 1 saturated carbocycles. The molecule has 0 radical (unpaired) electrons. The van der Waals surface area contributed by atoms with Gasteiger partial charge in [-0.15, -0.1) is 0 Å². The van der Waals surface area contributed by atoms with E-state index in [1.54, 1.807) is 0 Å². The standard InChI is InChI=1S/C15H21BrN2/c1-12(9-17-14-7-8-14)10-18(2)11-13-5-3-4-6-15(13)16/h3-6,14,17H,1,7-11H2,2H3. The summed E-state index contributed by atoms with van der Waals surface area (Å²) in [4.78, 5) is 2.30. The molecule has 18 heavy (non-hydrogen) atoms. The Kier molecular flexibility index (Phi) is 4.98. The van der Waals surface area contributed by atoms with Crippen molar-refractivity contribution < 1.29 is 0 Å². The Morgan fingerprint density at radius 3 is 2.83 bits per heavy atom. The maximum absolute atomic E-state index is 4.14. The Morgan fingerprint density at radius 2 is 2.17 bits per heavy atom. The Morgan fingerprint density at radius 1 is 1.44 bits per heavy atom. The van der Waals surface area contributed by atoms with Crippen LogP contribution in [0, 0.1) is 0 Å². The van der Waals surface area contributed by atoms with Crippen LogP contribution in [0.5, 0.6) is 0 Å². The lowest BCUT2D eigenvalue weighted by atomic mass is 10.2. The maximum atomic E-state index is 4.14. The first-order chi connectivity index (χ1) is 8.65. The van der Waals surface area contributed by atoms with Gasteiger partial charge in [-0.25, -0.2) is 0 Å². The van der Waals surface area contributed by atoms with Crippen molar-refractivity contribution in [2.24, 2.45) is 0 Å². The molecule has 1 aromatic rings. The van der Waals surface area contributed by atoms with Crippen LogP contribution >= 0.6 is 15.9 Å². The number of hydrogen-bond donors (Lipinski definition) is 1. The minimum Gasteiger partial charge on any atom is -0.310 e. The van der Waals surface area contributed by atoms with Crippen LogP contribution in [0.15, 0.2) is 40.9 Å². The number of rotatable bonds is 7. The van der Waals surface area contributed by atoms with Crippen LogP contribution < -0.4 is 5.32 Å². The Balaban J connectivity index is 1.75. The van der Waals surface area contributed by atoms with E-state index in [1.807, 2.05) is 6.07 Å². The van der Waals surface area contributed by atoms with Crippen LogP contribution in [0.25, 0.3) is 0 Å². The van der Waals surface area contributed by atoms with Gasteiger partial charge in [-0.2, -0.15) is 0 Å². The van der Waals surface area contributed by atoms with Gasteiger partial charge in [0.25, 0.3) is 0 Å². The molecule has 0 amide bonds. The van der Waals surface area contributed by atoms with E-state index in [0.29, 0.717) is 0 Å². The van der Waals surface area contributed by atoms with E-state index >= 15 is 0 Å². The molecule has 2 rings (SSSR count). The Bertz CT molecular complexity index is 413. The molecule has 2 nitrogen and oxygen atoms in total. The van der Waals surface area contributed by atoms with Crippen molar-refractivity contribution in [2.45, 2.75) is 25.4 Å². The number of nitrogens with one attached hydrogen (secondary N) is 1. The second-order valence-corrected chi connectivity index (χ2v) is 6.02. The summed E-state index contributed by atoms with van der Waals surface area (Å²) >= 11 is 3.59. The zero-order chi connectivity index (χ0) is 13.0. The maximum Gasteiger partial charge on any atom is 0.0245 e. The topological polar surface area (TPSA) is 15.3 Å². The SMILES string of the molecule is C=C(CNC1CC1)CN(C)Cc1ccccc1Br. The van der Waals surface area contributed by atoms with Gasteiger partial charge >= 0.3 is 0 Å². The van der Waals surface area contributed by atoms with Gasteiger partial charge in [0, 0.05) is 30.1 Å². The van der Waals surface area contributed by atoms with Crippen molar-refractivity contribution >= 4 is 15.9 Å². The van der Waals surface area contributed by atoms with Gasteiger partial charge < -0.3 is 5.32 Å². The highest BCUT2D eigenvalue weighted by Gasteiger charge is 2.20. The predicted octanol–water partition coefficient (Wildman–Crippen LogP) is 3.19. The third kappa shape index (κ3) is 4.56. The molecule has 98 valence electrons.